The molecule has 2 aromatic rings. The Balaban J connectivity index is 0.000000301. The zero-order chi connectivity index (χ0) is 21.1. The van der Waals surface area contributed by atoms with Gasteiger partial charge in [0.2, 0.25) is 5.91 Å². The quantitative estimate of drug-likeness (QED) is 0.602. The average Bonchev–Trinajstić information content (AvgIpc) is 3.33. The van der Waals surface area contributed by atoms with Gasteiger partial charge in [0.15, 0.2) is 0 Å². The monoisotopic (exact) mass is 384 g/mol. The Kier molecular flexibility index (Phi) is 9.43. The van der Waals surface area contributed by atoms with Crippen molar-refractivity contribution in [2.45, 2.75) is 33.6 Å². The fourth-order valence-electron chi connectivity index (χ4n) is 2.78. The molecule has 2 heterocycles. The van der Waals surface area contributed by atoms with Crippen LogP contribution in [0.25, 0.3) is 11.8 Å². The van der Waals surface area contributed by atoms with E-state index >= 15 is 0 Å². The first-order chi connectivity index (χ1) is 13.4. The number of aromatic hydroxyl groups is 1. The van der Waals surface area contributed by atoms with Gasteiger partial charge in [-0.15, -0.1) is 0 Å². The number of aryl methyl sites for hydroxylation is 1. The van der Waals surface area contributed by atoms with E-state index in [1.165, 1.54) is 6.08 Å². The maximum atomic E-state index is 10.8. The Hall–Kier alpha value is -3.15. The Morgan fingerprint density at radius 2 is 1.86 bits per heavy atom. The van der Waals surface area contributed by atoms with Crippen molar-refractivity contribution in [1.82, 2.24) is 9.88 Å². The number of likely N-dealkylation sites (tertiary alicyclic amines) is 1. The van der Waals surface area contributed by atoms with Gasteiger partial charge in [-0.2, -0.15) is 0 Å². The number of hydrogen-bond donors (Lipinski definition) is 4. The van der Waals surface area contributed by atoms with Crippen molar-refractivity contribution in [1.29, 1.82) is 0 Å². The third kappa shape index (κ3) is 6.54. The number of nitrogen functional groups attached to an aromatic ring is 1. The number of aromatic nitrogens is 1. The smallest absolute Gasteiger partial charge is 0.245 e. The highest BCUT2D eigenvalue weighted by molar-refractivity contribution is 5.87. The molecule has 1 aromatic carbocycles. The summed E-state index contributed by atoms with van der Waals surface area (Å²) < 4.78 is 0. The molecule has 0 unspecified atom stereocenters. The van der Waals surface area contributed by atoms with Crippen LogP contribution in [-0.2, 0) is 4.79 Å². The van der Waals surface area contributed by atoms with E-state index in [2.05, 4.69) is 11.6 Å². The lowest BCUT2D eigenvalue weighted by atomic mass is 10.1. The molecule has 1 fully saturated rings. The number of benzene rings is 1. The molecule has 6 heteroatoms. The van der Waals surface area contributed by atoms with Crippen LogP contribution in [0, 0.1) is 6.92 Å². The first-order valence-corrected chi connectivity index (χ1v) is 9.54. The zero-order valence-electron chi connectivity index (χ0n) is 17.0. The van der Waals surface area contributed by atoms with Crippen LogP contribution >= 0.6 is 0 Å². The first-order valence-electron chi connectivity index (χ1n) is 9.54. The predicted octanol–water partition coefficient (Wildman–Crippen LogP) is 3.89. The summed E-state index contributed by atoms with van der Waals surface area (Å²) in [5.74, 6) is 0.806. The van der Waals surface area contributed by atoms with Crippen LogP contribution < -0.4 is 11.5 Å². The fraction of sp³-hybridized carbons (Fsp3) is 0.318. The summed E-state index contributed by atoms with van der Waals surface area (Å²) in [4.78, 5) is 15.6. The van der Waals surface area contributed by atoms with Crippen molar-refractivity contribution in [3.63, 3.8) is 0 Å². The van der Waals surface area contributed by atoms with E-state index in [-0.39, 0.29) is 11.7 Å². The van der Waals surface area contributed by atoms with Crippen LogP contribution in [0.3, 0.4) is 0 Å². The van der Waals surface area contributed by atoms with E-state index < -0.39 is 0 Å². The molecular formula is C22H32N4O2. The highest BCUT2D eigenvalue weighted by atomic mass is 16.3. The van der Waals surface area contributed by atoms with Crippen molar-refractivity contribution < 1.29 is 9.90 Å². The minimum Gasteiger partial charge on any atom is -0.507 e. The lowest BCUT2D eigenvalue weighted by Crippen LogP contribution is -2.25. The van der Waals surface area contributed by atoms with E-state index in [0.717, 1.165) is 37.2 Å². The van der Waals surface area contributed by atoms with E-state index in [1.807, 2.05) is 37.8 Å². The number of amides is 1. The number of nitrogens with one attached hydrogen (secondary N) is 1. The number of nitrogens with two attached hydrogens (primary N) is 2. The SMILES string of the molecule is C=CC(=O)N1CCCC1.CC.Cc1cc(/C=C(\N)c2ccccc2O)c(N)[nH]1. The molecule has 6 nitrogen and oxygen atoms in total. The van der Waals surface area contributed by atoms with Gasteiger partial charge >= 0.3 is 0 Å². The van der Waals surface area contributed by atoms with Crippen LogP contribution in [0.1, 0.15) is 43.5 Å². The second-order valence-corrected chi connectivity index (χ2v) is 6.17. The summed E-state index contributed by atoms with van der Waals surface area (Å²) in [6.45, 7) is 11.2. The molecule has 1 amide bonds. The molecule has 0 bridgehead atoms. The first kappa shape index (κ1) is 22.9. The molecule has 1 aliphatic rings. The number of H-pyrrole nitrogens is 1. The predicted molar refractivity (Wildman–Crippen MR) is 117 cm³/mol. The maximum Gasteiger partial charge on any atom is 0.245 e. The van der Waals surface area contributed by atoms with Crippen LogP contribution in [0.4, 0.5) is 5.82 Å². The molecule has 0 spiro atoms. The number of aromatic amines is 1. The number of para-hydroxylation sites is 1. The number of phenols is 1. The summed E-state index contributed by atoms with van der Waals surface area (Å²) in [5, 5.41) is 9.67. The van der Waals surface area contributed by atoms with Gasteiger partial charge in [-0.25, -0.2) is 0 Å². The minimum absolute atomic E-state index is 0.0764. The number of phenolic OH excluding ortho intramolecular Hbond substituents is 1. The maximum absolute atomic E-state index is 10.8. The topological polar surface area (TPSA) is 108 Å². The van der Waals surface area contributed by atoms with Gasteiger partial charge in [0.05, 0.1) is 0 Å². The molecule has 152 valence electrons. The Morgan fingerprint density at radius 3 is 2.36 bits per heavy atom. The van der Waals surface area contributed by atoms with Gasteiger partial charge < -0.3 is 26.5 Å². The molecule has 1 aromatic heterocycles. The number of hydrogen-bond acceptors (Lipinski definition) is 4. The number of carbonyl (C=O) groups excluding carboxylic acids is 1. The van der Waals surface area contributed by atoms with Crippen molar-refractivity contribution in [2.75, 3.05) is 18.8 Å². The van der Waals surface area contributed by atoms with Gasteiger partial charge in [0, 0.05) is 35.6 Å². The molecular weight excluding hydrogens is 352 g/mol. The summed E-state index contributed by atoms with van der Waals surface area (Å²) in [5.41, 5.74) is 14.6. The Labute approximate surface area is 167 Å². The molecule has 28 heavy (non-hydrogen) atoms. The summed E-state index contributed by atoms with van der Waals surface area (Å²) in [6.07, 6.45) is 5.43. The number of carbonyl (C=O) groups is 1. The summed E-state index contributed by atoms with van der Waals surface area (Å²) in [7, 11) is 0. The molecule has 6 N–H and O–H groups in total. The van der Waals surface area contributed by atoms with E-state index in [9.17, 15) is 9.90 Å². The minimum atomic E-state index is 0.0764. The fourth-order valence-corrected chi connectivity index (χ4v) is 2.78. The highest BCUT2D eigenvalue weighted by Crippen LogP contribution is 2.24. The van der Waals surface area contributed by atoms with Crippen LogP contribution in [0.5, 0.6) is 5.75 Å². The largest absolute Gasteiger partial charge is 0.507 e. The van der Waals surface area contributed by atoms with Crippen molar-refractivity contribution in [3.05, 3.63) is 59.8 Å². The summed E-state index contributed by atoms with van der Waals surface area (Å²) >= 11 is 0. The third-order valence-corrected chi connectivity index (χ3v) is 4.13. The number of nitrogens with zero attached hydrogens (tertiary/aromatic N) is 1. The lowest BCUT2D eigenvalue weighted by molar-refractivity contribution is -0.124. The molecule has 0 aliphatic carbocycles. The molecule has 1 saturated heterocycles. The molecule has 3 rings (SSSR count). The molecule has 1 aliphatic heterocycles. The van der Waals surface area contributed by atoms with Crippen molar-refractivity contribution in [3.8, 4) is 5.75 Å². The second kappa shape index (κ2) is 11.5. The molecule has 0 radical (unpaired) electrons. The van der Waals surface area contributed by atoms with Gasteiger partial charge in [-0.3, -0.25) is 4.79 Å². The van der Waals surface area contributed by atoms with Crippen LogP contribution in [0.2, 0.25) is 0 Å². The average molecular weight is 385 g/mol. The second-order valence-electron chi connectivity index (χ2n) is 6.17. The van der Waals surface area contributed by atoms with Gasteiger partial charge in [0.1, 0.15) is 11.6 Å². The summed E-state index contributed by atoms with van der Waals surface area (Å²) in [6, 6.07) is 8.84. The number of rotatable bonds is 3. The highest BCUT2D eigenvalue weighted by Gasteiger charge is 2.14. The normalized spacial score (nSPS) is 13.1. The standard InChI is InChI=1S/C13H15N3O.C7H11NO.C2H6/c1-8-6-9(13(15)16-8)7-11(14)10-4-2-3-5-12(10)17;1-2-7(9)8-5-3-4-6-8;1-2/h2-7,16-17H,14-15H2,1H3;2H,1,3-6H2;1-2H3/b11-7-;;. The number of anilines is 1. The third-order valence-electron chi connectivity index (χ3n) is 4.13. The van der Waals surface area contributed by atoms with Gasteiger partial charge in [-0.1, -0.05) is 32.6 Å². The van der Waals surface area contributed by atoms with Gasteiger partial charge in [0.25, 0.3) is 0 Å². The Bertz CT molecular complexity index is 803. The van der Waals surface area contributed by atoms with E-state index in [4.69, 9.17) is 11.5 Å². The molecule has 0 saturated carbocycles. The van der Waals surface area contributed by atoms with Crippen molar-refractivity contribution >= 4 is 23.5 Å². The Morgan fingerprint density at radius 1 is 1.25 bits per heavy atom. The lowest BCUT2D eigenvalue weighted by Gasteiger charge is -2.10. The van der Waals surface area contributed by atoms with E-state index in [1.54, 1.807) is 24.3 Å². The van der Waals surface area contributed by atoms with Crippen LogP contribution in [0.15, 0.2) is 43.0 Å². The molecule has 0 atom stereocenters. The van der Waals surface area contributed by atoms with E-state index in [0.29, 0.717) is 17.1 Å². The zero-order valence-corrected chi connectivity index (χ0v) is 17.0. The van der Waals surface area contributed by atoms with Gasteiger partial charge in [-0.05, 0) is 50.1 Å². The van der Waals surface area contributed by atoms with Crippen LogP contribution in [-0.4, -0.2) is 34.0 Å². The van der Waals surface area contributed by atoms with Crippen molar-refractivity contribution in [2.24, 2.45) is 5.73 Å².